The van der Waals surface area contributed by atoms with E-state index in [2.05, 4.69) is 5.32 Å². The minimum absolute atomic E-state index is 0.242. The van der Waals surface area contributed by atoms with Crippen molar-refractivity contribution >= 4 is 22.9 Å². The maximum absolute atomic E-state index is 12.5. The normalized spacial score (nSPS) is 13.1. The van der Waals surface area contributed by atoms with E-state index in [1.165, 1.54) is 12.1 Å². The average molecular weight is 356 g/mol. The Morgan fingerprint density at radius 1 is 1.25 bits per heavy atom. The number of carbonyl (C=O) groups excluding carboxylic acids is 1. The summed E-state index contributed by atoms with van der Waals surface area (Å²) in [5, 5.41) is 4.65. The van der Waals surface area contributed by atoms with E-state index in [-0.39, 0.29) is 11.9 Å². The highest BCUT2D eigenvalue weighted by Crippen LogP contribution is 2.29. The minimum Gasteiger partial charge on any atom is -0.325 e. The number of halogens is 3. The van der Waals surface area contributed by atoms with Crippen LogP contribution in [0.3, 0.4) is 0 Å². The van der Waals surface area contributed by atoms with E-state index in [4.69, 9.17) is 0 Å². The first-order valence-corrected chi connectivity index (χ1v) is 8.43. The Morgan fingerprint density at radius 3 is 2.42 bits per heavy atom. The Balaban J connectivity index is 1.99. The number of likely N-dealkylation sites (N-methyl/N-ethyl adjacent to an activating group) is 1. The summed E-state index contributed by atoms with van der Waals surface area (Å²) < 4.78 is 37.6. The summed E-state index contributed by atoms with van der Waals surface area (Å²) in [7, 11) is 0. The number of anilines is 1. The second-order valence-corrected chi connectivity index (χ2v) is 6.42. The SMILES string of the molecule is CCN(Cc1cccs1)[C@@H](C)C(=O)Nc1ccc(C(F)(F)F)cc1. The van der Waals surface area contributed by atoms with Gasteiger partial charge in [0, 0.05) is 17.1 Å². The number of hydrogen-bond donors (Lipinski definition) is 1. The van der Waals surface area contributed by atoms with E-state index in [1.807, 2.05) is 29.3 Å². The van der Waals surface area contributed by atoms with Crippen molar-refractivity contribution in [1.82, 2.24) is 4.90 Å². The molecule has 130 valence electrons. The van der Waals surface area contributed by atoms with Crippen LogP contribution in [0.25, 0.3) is 0 Å². The van der Waals surface area contributed by atoms with Crippen LogP contribution in [0.15, 0.2) is 41.8 Å². The fourth-order valence-corrected chi connectivity index (χ4v) is 3.01. The highest BCUT2D eigenvalue weighted by atomic mass is 32.1. The van der Waals surface area contributed by atoms with E-state index in [0.717, 1.165) is 17.0 Å². The van der Waals surface area contributed by atoms with Crippen LogP contribution in [0.5, 0.6) is 0 Å². The second kappa shape index (κ2) is 7.81. The molecule has 2 rings (SSSR count). The number of thiophene rings is 1. The first-order chi connectivity index (χ1) is 11.3. The monoisotopic (exact) mass is 356 g/mol. The topological polar surface area (TPSA) is 32.3 Å². The number of carbonyl (C=O) groups is 1. The van der Waals surface area contributed by atoms with Crippen LogP contribution in [-0.4, -0.2) is 23.4 Å². The van der Waals surface area contributed by atoms with Gasteiger partial charge in [-0.2, -0.15) is 13.2 Å². The molecule has 7 heteroatoms. The van der Waals surface area contributed by atoms with Crippen molar-refractivity contribution in [2.75, 3.05) is 11.9 Å². The van der Waals surface area contributed by atoms with E-state index >= 15 is 0 Å². The molecule has 1 N–H and O–H groups in total. The predicted molar refractivity (Wildman–Crippen MR) is 89.9 cm³/mol. The van der Waals surface area contributed by atoms with Crippen molar-refractivity contribution < 1.29 is 18.0 Å². The van der Waals surface area contributed by atoms with Crippen molar-refractivity contribution in [1.29, 1.82) is 0 Å². The summed E-state index contributed by atoms with van der Waals surface area (Å²) >= 11 is 1.62. The molecule has 0 aliphatic carbocycles. The maximum atomic E-state index is 12.5. The van der Waals surface area contributed by atoms with Crippen LogP contribution in [0, 0.1) is 0 Å². The van der Waals surface area contributed by atoms with E-state index in [0.29, 0.717) is 18.8 Å². The molecule has 1 aromatic carbocycles. The van der Waals surface area contributed by atoms with Crippen molar-refractivity contribution in [3.05, 3.63) is 52.2 Å². The molecule has 0 radical (unpaired) electrons. The molecule has 3 nitrogen and oxygen atoms in total. The summed E-state index contributed by atoms with van der Waals surface area (Å²) in [4.78, 5) is 15.5. The van der Waals surface area contributed by atoms with E-state index in [1.54, 1.807) is 18.3 Å². The average Bonchev–Trinajstić information content (AvgIpc) is 3.04. The Bertz CT molecular complexity index is 653. The molecule has 1 heterocycles. The molecule has 0 aliphatic rings. The zero-order chi connectivity index (χ0) is 17.7. The van der Waals surface area contributed by atoms with Crippen LogP contribution in [-0.2, 0) is 17.5 Å². The number of hydrogen-bond acceptors (Lipinski definition) is 3. The van der Waals surface area contributed by atoms with E-state index < -0.39 is 11.7 Å². The molecule has 0 saturated carbocycles. The van der Waals surface area contributed by atoms with Gasteiger partial charge in [-0.15, -0.1) is 11.3 Å². The van der Waals surface area contributed by atoms with Gasteiger partial charge < -0.3 is 5.32 Å². The molecule has 0 saturated heterocycles. The van der Waals surface area contributed by atoms with Crippen LogP contribution >= 0.6 is 11.3 Å². The number of benzene rings is 1. The third-order valence-electron chi connectivity index (χ3n) is 3.75. The van der Waals surface area contributed by atoms with Gasteiger partial charge in [-0.05, 0) is 49.2 Å². The third-order valence-corrected chi connectivity index (χ3v) is 4.61. The molecule has 0 fully saturated rings. The van der Waals surface area contributed by atoms with Crippen molar-refractivity contribution in [3.8, 4) is 0 Å². The smallest absolute Gasteiger partial charge is 0.325 e. The van der Waals surface area contributed by atoms with Gasteiger partial charge in [-0.1, -0.05) is 13.0 Å². The molecule has 2 aromatic rings. The highest BCUT2D eigenvalue weighted by Gasteiger charge is 2.30. The standard InChI is InChI=1S/C17H19F3N2OS/c1-3-22(11-15-5-4-10-24-15)12(2)16(23)21-14-8-6-13(7-9-14)17(18,19)20/h4-10,12H,3,11H2,1-2H3,(H,21,23)/t12-/m0/s1. The molecule has 1 aromatic heterocycles. The fourth-order valence-electron chi connectivity index (χ4n) is 2.28. The second-order valence-electron chi connectivity index (χ2n) is 5.38. The number of amides is 1. The highest BCUT2D eigenvalue weighted by molar-refractivity contribution is 7.09. The van der Waals surface area contributed by atoms with Gasteiger partial charge in [0.05, 0.1) is 11.6 Å². The fraction of sp³-hybridized carbons (Fsp3) is 0.353. The van der Waals surface area contributed by atoms with Crippen LogP contribution < -0.4 is 5.32 Å². The predicted octanol–water partition coefficient (Wildman–Crippen LogP) is 4.62. The van der Waals surface area contributed by atoms with Gasteiger partial charge in [0.15, 0.2) is 0 Å². The molecular weight excluding hydrogens is 337 g/mol. The zero-order valence-corrected chi connectivity index (χ0v) is 14.2. The number of alkyl halides is 3. The molecule has 1 amide bonds. The molecule has 0 spiro atoms. The summed E-state index contributed by atoms with van der Waals surface area (Å²) in [5.74, 6) is -0.242. The first-order valence-electron chi connectivity index (χ1n) is 7.55. The van der Waals surface area contributed by atoms with Crippen LogP contribution in [0.2, 0.25) is 0 Å². The Hall–Kier alpha value is -1.86. The third kappa shape index (κ3) is 4.82. The quantitative estimate of drug-likeness (QED) is 0.819. The van der Waals surface area contributed by atoms with Gasteiger partial charge >= 0.3 is 6.18 Å². The van der Waals surface area contributed by atoms with Gasteiger partial charge in [0.25, 0.3) is 0 Å². The number of rotatable bonds is 6. The van der Waals surface area contributed by atoms with Crippen molar-refractivity contribution in [2.24, 2.45) is 0 Å². The Kier molecular flexibility index (Phi) is 6.01. The van der Waals surface area contributed by atoms with Crippen LogP contribution in [0.1, 0.15) is 24.3 Å². The maximum Gasteiger partial charge on any atom is 0.416 e. The summed E-state index contributed by atoms with van der Waals surface area (Å²) in [5.41, 5.74) is -0.381. The van der Waals surface area contributed by atoms with Crippen LogP contribution in [0.4, 0.5) is 18.9 Å². The van der Waals surface area contributed by atoms with Gasteiger partial charge in [0.1, 0.15) is 0 Å². The molecule has 0 bridgehead atoms. The van der Waals surface area contributed by atoms with Gasteiger partial charge in [-0.25, -0.2) is 0 Å². The minimum atomic E-state index is -4.38. The molecule has 0 unspecified atom stereocenters. The Labute approximate surface area is 143 Å². The first kappa shape index (κ1) is 18.5. The lowest BCUT2D eigenvalue weighted by molar-refractivity contribution is -0.137. The molecule has 0 aliphatic heterocycles. The molecule has 1 atom stereocenters. The zero-order valence-electron chi connectivity index (χ0n) is 13.4. The Morgan fingerprint density at radius 2 is 1.92 bits per heavy atom. The largest absolute Gasteiger partial charge is 0.416 e. The molecular formula is C17H19F3N2OS. The van der Waals surface area contributed by atoms with Crippen molar-refractivity contribution in [3.63, 3.8) is 0 Å². The van der Waals surface area contributed by atoms with Gasteiger partial charge in [-0.3, -0.25) is 9.69 Å². The molecule has 24 heavy (non-hydrogen) atoms. The van der Waals surface area contributed by atoms with E-state index in [9.17, 15) is 18.0 Å². The lowest BCUT2D eigenvalue weighted by Crippen LogP contribution is -2.41. The number of nitrogens with one attached hydrogen (secondary N) is 1. The summed E-state index contributed by atoms with van der Waals surface area (Å²) in [6.45, 7) is 5.11. The van der Waals surface area contributed by atoms with Gasteiger partial charge in [0.2, 0.25) is 5.91 Å². The lowest BCUT2D eigenvalue weighted by atomic mass is 10.2. The summed E-state index contributed by atoms with van der Waals surface area (Å²) in [6, 6.07) is 8.03. The summed E-state index contributed by atoms with van der Waals surface area (Å²) in [6.07, 6.45) is -4.38. The lowest BCUT2D eigenvalue weighted by Gasteiger charge is -2.26. The van der Waals surface area contributed by atoms with Crippen molar-refractivity contribution in [2.45, 2.75) is 32.6 Å². The number of nitrogens with zero attached hydrogens (tertiary/aromatic N) is 1.